The van der Waals surface area contributed by atoms with Crippen LogP contribution in [0.3, 0.4) is 0 Å². The predicted octanol–water partition coefficient (Wildman–Crippen LogP) is 3.20. The van der Waals surface area contributed by atoms with E-state index in [2.05, 4.69) is 0 Å². The Labute approximate surface area is 121 Å². The molecule has 4 nitrogen and oxygen atoms in total. The maximum atomic E-state index is 12.9. The highest BCUT2D eigenvalue weighted by atomic mass is 19.1. The monoisotopic (exact) mass is 288 g/mol. The molecule has 5 heteroatoms. The van der Waals surface area contributed by atoms with E-state index >= 15 is 0 Å². The molecule has 108 valence electrons. The molecule has 3 rings (SSSR count). The molecule has 0 spiro atoms. The van der Waals surface area contributed by atoms with Crippen LogP contribution in [-0.4, -0.2) is 18.7 Å². The summed E-state index contributed by atoms with van der Waals surface area (Å²) in [7, 11) is 0. The molecule has 0 saturated heterocycles. The molecular formula is C16H13FO4. The molecule has 2 aromatic carbocycles. The first kappa shape index (κ1) is 13.4. The third-order valence-electron chi connectivity index (χ3n) is 3.15. The maximum Gasteiger partial charge on any atom is 0.231 e. The average molecular weight is 288 g/mol. The lowest BCUT2D eigenvalue weighted by Crippen LogP contribution is -2.23. The Morgan fingerprint density at radius 2 is 1.86 bits per heavy atom. The van der Waals surface area contributed by atoms with Gasteiger partial charge in [-0.15, -0.1) is 0 Å². The van der Waals surface area contributed by atoms with Crippen LogP contribution >= 0.6 is 0 Å². The van der Waals surface area contributed by atoms with Crippen molar-refractivity contribution < 1.29 is 23.4 Å². The zero-order valence-electron chi connectivity index (χ0n) is 11.3. The van der Waals surface area contributed by atoms with E-state index in [0.29, 0.717) is 22.8 Å². The van der Waals surface area contributed by atoms with Gasteiger partial charge in [-0.25, -0.2) is 4.39 Å². The third kappa shape index (κ3) is 2.81. The summed E-state index contributed by atoms with van der Waals surface area (Å²) in [5.74, 6) is 1.17. The zero-order chi connectivity index (χ0) is 14.8. The second-order valence-corrected chi connectivity index (χ2v) is 4.65. The SMILES string of the molecule is CC(Oc1ccc2c(c1)OCO2)C(=O)c1ccc(F)cc1. The molecule has 1 aliphatic heterocycles. The highest BCUT2D eigenvalue weighted by molar-refractivity contribution is 5.99. The van der Waals surface area contributed by atoms with Gasteiger partial charge in [-0.1, -0.05) is 0 Å². The first-order valence-corrected chi connectivity index (χ1v) is 6.49. The topological polar surface area (TPSA) is 44.8 Å². The van der Waals surface area contributed by atoms with E-state index < -0.39 is 6.10 Å². The number of ketones is 1. The number of ether oxygens (including phenoxy) is 3. The lowest BCUT2D eigenvalue weighted by Gasteiger charge is -2.14. The summed E-state index contributed by atoms with van der Waals surface area (Å²) in [6.07, 6.45) is -0.684. The number of hydrogen-bond acceptors (Lipinski definition) is 4. The molecule has 2 aromatic rings. The van der Waals surface area contributed by atoms with Crippen molar-refractivity contribution in [2.45, 2.75) is 13.0 Å². The van der Waals surface area contributed by atoms with Gasteiger partial charge >= 0.3 is 0 Å². The standard InChI is InChI=1S/C16H13FO4/c1-10(16(18)11-2-4-12(17)5-3-11)21-13-6-7-14-15(8-13)20-9-19-14/h2-8,10H,9H2,1H3. The quantitative estimate of drug-likeness (QED) is 0.810. The number of fused-ring (bicyclic) bond motifs is 1. The number of benzene rings is 2. The average Bonchev–Trinajstić information content (AvgIpc) is 2.95. The number of rotatable bonds is 4. The molecule has 21 heavy (non-hydrogen) atoms. The molecular weight excluding hydrogens is 275 g/mol. The van der Waals surface area contributed by atoms with E-state index in [-0.39, 0.29) is 18.4 Å². The number of carbonyl (C=O) groups excluding carboxylic acids is 1. The molecule has 0 fully saturated rings. The van der Waals surface area contributed by atoms with Crippen molar-refractivity contribution >= 4 is 5.78 Å². The summed E-state index contributed by atoms with van der Waals surface area (Å²) < 4.78 is 28.9. The van der Waals surface area contributed by atoms with Crippen molar-refractivity contribution in [2.75, 3.05) is 6.79 Å². The highest BCUT2D eigenvalue weighted by Crippen LogP contribution is 2.35. The zero-order valence-corrected chi connectivity index (χ0v) is 11.3. The minimum absolute atomic E-state index is 0.183. The second-order valence-electron chi connectivity index (χ2n) is 4.65. The van der Waals surface area contributed by atoms with Crippen molar-refractivity contribution in [3.05, 3.63) is 53.8 Å². The Kier molecular flexibility index (Phi) is 3.48. The number of halogens is 1. The minimum atomic E-state index is -0.684. The lowest BCUT2D eigenvalue weighted by atomic mass is 10.1. The highest BCUT2D eigenvalue weighted by Gasteiger charge is 2.19. The van der Waals surface area contributed by atoms with Crippen LogP contribution < -0.4 is 14.2 Å². The summed E-state index contributed by atoms with van der Waals surface area (Å²) in [4.78, 5) is 12.2. The normalized spacial score (nSPS) is 13.8. The van der Waals surface area contributed by atoms with Crippen LogP contribution in [0.15, 0.2) is 42.5 Å². The fraction of sp³-hybridized carbons (Fsp3) is 0.188. The molecule has 0 saturated carbocycles. The van der Waals surface area contributed by atoms with Crippen molar-refractivity contribution in [1.29, 1.82) is 0 Å². The second kappa shape index (κ2) is 5.44. The Morgan fingerprint density at radius 3 is 2.62 bits per heavy atom. The third-order valence-corrected chi connectivity index (χ3v) is 3.15. The van der Waals surface area contributed by atoms with Gasteiger partial charge in [0, 0.05) is 11.6 Å². The molecule has 1 atom stereocenters. The van der Waals surface area contributed by atoms with E-state index in [9.17, 15) is 9.18 Å². The maximum absolute atomic E-state index is 12.9. The number of carbonyl (C=O) groups is 1. The molecule has 0 aromatic heterocycles. The van der Waals surface area contributed by atoms with Gasteiger partial charge in [-0.2, -0.15) is 0 Å². The molecule has 0 aliphatic carbocycles. The Bertz CT molecular complexity index is 666. The van der Waals surface area contributed by atoms with Crippen LogP contribution in [0.25, 0.3) is 0 Å². The molecule has 1 unspecified atom stereocenters. The van der Waals surface area contributed by atoms with Gasteiger partial charge in [0.05, 0.1) is 0 Å². The summed E-state index contributed by atoms with van der Waals surface area (Å²) in [5, 5.41) is 0. The van der Waals surface area contributed by atoms with Gasteiger partial charge in [0.25, 0.3) is 0 Å². The van der Waals surface area contributed by atoms with Crippen LogP contribution in [0, 0.1) is 5.82 Å². The van der Waals surface area contributed by atoms with Crippen molar-refractivity contribution in [2.24, 2.45) is 0 Å². The van der Waals surface area contributed by atoms with Gasteiger partial charge in [0.15, 0.2) is 17.6 Å². The van der Waals surface area contributed by atoms with E-state index in [0.717, 1.165) is 0 Å². The van der Waals surface area contributed by atoms with Crippen LogP contribution in [0.2, 0.25) is 0 Å². The first-order valence-electron chi connectivity index (χ1n) is 6.49. The van der Waals surface area contributed by atoms with Crippen LogP contribution in [-0.2, 0) is 0 Å². The van der Waals surface area contributed by atoms with Crippen LogP contribution in [0.1, 0.15) is 17.3 Å². The molecule has 1 heterocycles. The van der Waals surface area contributed by atoms with Gasteiger partial charge in [0.1, 0.15) is 11.6 Å². The molecule has 0 N–H and O–H groups in total. The smallest absolute Gasteiger partial charge is 0.231 e. The Hall–Kier alpha value is -2.56. The molecule has 0 bridgehead atoms. The summed E-state index contributed by atoms with van der Waals surface area (Å²) in [5.41, 5.74) is 0.407. The molecule has 0 amide bonds. The van der Waals surface area contributed by atoms with E-state index in [1.165, 1.54) is 24.3 Å². The number of hydrogen-bond donors (Lipinski definition) is 0. The van der Waals surface area contributed by atoms with Crippen molar-refractivity contribution in [1.82, 2.24) is 0 Å². The van der Waals surface area contributed by atoms with E-state index in [1.807, 2.05) is 0 Å². The Morgan fingerprint density at radius 1 is 1.14 bits per heavy atom. The largest absolute Gasteiger partial charge is 0.482 e. The van der Waals surface area contributed by atoms with Gasteiger partial charge in [0.2, 0.25) is 12.6 Å². The van der Waals surface area contributed by atoms with E-state index in [1.54, 1.807) is 25.1 Å². The molecule has 1 aliphatic rings. The molecule has 0 radical (unpaired) electrons. The fourth-order valence-electron chi connectivity index (χ4n) is 2.06. The Balaban J connectivity index is 1.72. The van der Waals surface area contributed by atoms with Crippen molar-refractivity contribution in [3.8, 4) is 17.2 Å². The van der Waals surface area contributed by atoms with Crippen LogP contribution in [0.4, 0.5) is 4.39 Å². The van der Waals surface area contributed by atoms with Gasteiger partial charge in [-0.3, -0.25) is 4.79 Å². The van der Waals surface area contributed by atoms with Crippen LogP contribution in [0.5, 0.6) is 17.2 Å². The summed E-state index contributed by atoms with van der Waals surface area (Å²) in [6, 6.07) is 10.5. The fourth-order valence-corrected chi connectivity index (χ4v) is 2.06. The first-order chi connectivity index (χ1) is 10.1. The number of Topliss-reactive ketones (excluding diaryl/α,β-unsaturated/α-hetero) is 1. The van der Waals surface area contributed by atoms with Gasteiger partial charge < -0.3 is 14.2 Å². The predicted molar refractivity (Wildman–Crippen MR) is 73.4 cm³/mol. The summed E-state index contributed by atoms with van der Waals surface area (Å²) >= 11 is 0. The van der Waals surface area contributed by atoms with E-state index in [4.69, 9.17) is 14.2 Å². The summed E-state index contributed by atoms with van der Waals surface area (Å²) in [6.45, 7) is 1.83. The lowest BCUT2D eigenvalue weighted by molar-refractivity contribution is 0.0817. The van der Waals surface area contributed by atoms with Crippen molar-refractivity contribution in [3.63, 3.8) is 0 Å². The van der Waals surface area contributed by atoms with Gasteiger partial charge in [-0.05, 0) is 43.3 Å². The minimum Gasteiger partial charge on any atom is -0.482 e.